The fourth-order valence-electron chi connectivity index (χ4n) is 2.58. The smallest absolute Gasteiger partial charge is 0.270 e. The molecule has 0 fully saturated rings. The number of benzene rings is 3. The van der Waals surface area contributed by atoms with Crippen molar-refractivity contribution in [2.75, 3.05) is 0 Å². The first-order valence-electron chi connectivity index (χ1n) is 8.03. The Hall–Kier alpha value is -3.32. The van der Waals surface area contributed by atoms with E-state index in [1.807, 2.05) is 42.5 Å². The number of fused-ring (bicyclic) bond motifs is 1. The van der Waals surface area contributed by atoms with Crippen LogP contribution in [0.15, 0.2) is 80.6 Å². The molecule has 0 amide bonds. The van der Waals surface area contributed by atoms with Gasteiger partial charge in [0.15, 0.2) is 5.58 Å². The molecule has 0 aliphatic carbocycles. The zero-order valence-corrected chi connectivity index (χ0v) is 15.5. The highest BCUT2D eigenvalue weighted by molar-refractivity contribution is 9.10. The lowest BCUT2D eigenvalue weighted by Crippen LogP contribution is -1.89. The third-order valence-electron chi connectivity index (χ3n) is 3.91. The molecule has 0 unspecified atom stereocenters. The SMILES string of the molecule is O=[N+]([O-])c1cccc(C=Nc2ccc3oc(-c4ccc(Br)cc4)nc3c2)c1. The quantitative estimate of drug-likeness (QED) is 0.232. The molecule has 1 heterocycles. The van der Waals surface area contributed by atoms with Crippen LogP contribution in [0.2, 0.25) is 0 Å². The van der Waals surface area contributed by atoms with Gasteiger partial charge < -0.3 is 4.42 Å². The van der Waals surface area contributed by atoms with E-state index in [4.69, 9.17) is 4.42 Å². The Morgan fingerprint density at radius 3 is 2.67 bits per heavy atom. The molecule has 0 atom stereocenters. The van der Waals surface area contributed by atoms with E-state index in [1.54, 1.807) is 18.3 Å². The minimum Gasteiger partial charge on any atom is -0.436 e. The van der Waals surface area contributed by atoms with Gasteiger partial charge in [-0.2, -0.15) is 0 Å². The summed E-state index contributed by atoms with van der Waals surface area (Å²) in [7, 11) is 0. The van der Waals surface area contributed by atoms with Gasteiger partial charge in [0.25, 0.3) is 5.69 Å². The van der Waals surface area contributed by atoms with Crippen LogP contribution in [0, 0.1) is 10.1 Å². The second kappa shape index (κ2) is 7.13. The molecule has 0 saturated carbocycles. The summed E-state index contributed by atoms with van der Waals surface area (Å²) in [5.74, 6) is 0.539. The van der Waals surface area contributed by atoms with Crippen LogP contribution in [0.3, 0.4) is 0 Å². The highest BCUT2D eigenvalue weighted by atomic mass is 79.9. The summed E-state index contributed by atoms with van der Waals surface area (Å²) in [6.45, 7) is 0. The van der Waals surface area contributed by atoms with E-state index < -0.39 is 4.92 Å². The van der Waals surface area contributed by atoms with E-state index in [0.717, 1.165) is 10.0 Å². The van der Waals surface area contributed by atoms with Crippen LogP contribution in [0.5, 0.6) is 0 Å². The predicted molar refractivity (Wildman–Crippen MR) is 107 cm³/mol. The monoisotopic (exact) mass is 421 g/mol. The highest BCUT2D eigenvalue weighted by Crippen LogP contribution is 2.28. The maximum absolute atomic E-state index is 10.9. The molecule has 6 nitrogen and oxygen atoms in total. The fraction of sp³-hybridized carbons (Fsp3) is 0. The van der Waals surface area contributed by atoms with E-state index >= 15 is 0 Å². The molecule has 0 bridgehead atoms. The number of hydrogen-bond donors (Lipinski definition) is 0. The van der Waals surface area contributed by atoms with Gasteiger partial charge in [0, 0.05) is 28.4 Å². The number of nitro benzene ring substituents is 1. The van der Waals surface area contributed by atoms with Crippen molar-refractivity contribution in [3.8, 4) is 11.5 Å². The van der Waals surface area contributed by atoms with Crippen molar-refractivity contribution in [2.45, 2.75) is 0 Å². The summed E-state index contributed by atoms with van der Waals surface area (Å²) < 4.78 is 6.79. The average molecular weight is 422 g/mol. The first kappa shape index (κ1) is 17.1. The number of aliphatic imine (C=N–C) groups is 1. The number of non-ortho nitro benzene ring substituents is 1. The molecule has 4 rings (SSSR count). The summed E-state index contributed by atoms with van der Waals surface area (Å²) in [4.78, 5) is 19.3. The van der Waals surface area contributed by atoms with Gasteiger partial charge in [0.05, 0.1) is 10.6 Å². The van der Waals surface area contributed by atoms with E-state index in [2.05, 4.69) is 25.9 Å². The molecule has 0 aliphatic rings. The lowest BCUT2D eigenvalue weighted by molar-refractivity contribution is -0.384. The third-order valence-corrected chi connectivity index (χ3v) is 4.43. The molecular formula is C20H12BrN3O3. The molecule has 0 N–H and O–H groups in total. The van der Waals surface area contributed by atoms with Crippen LogP contribution >= 0.6 is 15.9 Å². The lowest BCUT2D eigenvalue weighted by atomic mass is 10.2. The van der Waals surface area contributed by atoms with Crippen molar-refractivity contribution in [3.63, 3.8) is 0 Å². The molecule has 27 heavy (non-hydrogen) atoms. The molecule has 0 aliphatic heterocycles. The number of aromatic nitrogens is 1. The van der Waals surface area contributed by atoms with Crippen molar-refractivity contribution in [2.24, 2.45) is 4.99 Å². The average Bonchev–Trinajstić information content (AvgIpc) is 3.10. The molecule has 1 aromatic heterocycles. The zero-order valence-electron chi connectivity index (χ0n) is 13.9. The molecule has 3 aromatic carbocycles. The van der Waals surface area contributed by atoms with Gasteiger partial charge in [-0.05, 0) is 48.0 Å². The van der Waals surface area contributed by atoms with Crippen LogP contribution in [-0.2, 0) is 0 Å². The second-order valence-corrected chi connectivity index (χ2v) is 6.70. The van der Waals surface area contributed by atoms with E-state index in [9.17, 15) is 10.1 Å². The Morgan fingerprint density at radius 2 is 1.89 bits per heavy atom. The van der Waals surface area contributed by atoms with Gasteiger partial charge >= 0.3 is 0 Å². The minimum absolute atomic E-state index is 0.0324. The Balaban J connectivity index is 1.62. The maximum atomic E-state index is 10.9. The summed E-state index contributed by atoms with van der Waals surface area (Å²) in [5.41, 5.74) is 3.62. The molecule has 132 valence electrons. The van der Waals surface area contributed by atoms with Gasteiger partial charge in [-0.15, -0.1) is 0 Å². The lowest BCUT2D eigenvalue weighted by Gasteiger charge is -1.95. The molecule has 4 aromatic rings. The molecule has 0 spiro atoms. The van der Waals surface area contributed by atoms with Crippen LogP contribution in [0.25, 0.3) is 22.6 Å². The Kier molecular flexibility index (Phi) is 4.52. The van der Waals surface area contributed by atoms with Crippen LogP contribution in [-0.4, -0.2) is 16.1 Å². The van der Waals surface area contributed by atoms with Crippen molar-refractivity contribution in [3.05, 3.63) is 86.9 Å². The first-order valence-corrected chi connectivity index (χ1v) is 8.83. The van der Waals surface area contributed by atoms with Gasteiger partial charge in [-0.1, -0.05) is 28.1 Å². The number of hydrogen-bond acceptors (Lipinski definition) is 5. The minimum atomic E-state index is -0.428. The van der Waals surface area contributed by atoms with Crippen molar-refractivity contribution in [1.82, 2.24) is 4.98 Å². The number of nitro groups is 1. The normalized spacial score (nSPS) is 11.3. The second-order valence-electron chi connectivity index (χ2n) is 5.79. The van der Waals surface area contributed by atoms with E-state index in [-0.39, 0.29) is 5.69 Å². The first-order chi connectivity index (χ1) is 13.1. The standard InChI is InChI=1S/C20H12BrN3O3/c21-15-6-4-14(5-7-15)20-23-18-11-16(8-9-19(18)27-20)22-12-13-2-1-3-17(10-13)24(25)26/h1-12H. The predicted octanol–water partition coefficient (Wildman–Crippen LogP) is 5.92. The Bertz CT molecular complexity index is 1170. The van der Waals surface area contributed by atoms with Crippen molar-refractivity contribution >= 4 is 44.6 Å². The molecule has 7 heteroatoms. The van der Waals surface area contributed by atoms with E-state index in [1.165, 1.54) is 12.1 Å². The summed E-state index contributed by atoms with van der Waals surface area (Å²) in [5, 5.41) is 10.9. The molecule has 0 radical (unpaired) electrons. The summed E-state index contributed by atoms with van der Waals surface area (Å²) in [6, 6.07) is 19.5. The van der Waals surface area contributed by atoms with Crippen LogP contribution in [0.4, 0.5) is 11.4 Å². The highest BCUT2D eigenvalue weighted by Gasteiger charge is 2.09. The maximum Gasteiger partial charge on any atom is 0.270 e. The number of rotatable bonds is 4. The topological polar surface area (TPSA) is 81.5 Å². The third kappa shape index (κ3) is 3.78. The number of halogens is 1. The van der Waals surface area contributed by atoms with Crippen LogP contribution < -0.4 is 0 Å². The summed E-state index contributed by atoms with van der Waals surface area (Å²) >= 11 is 3.41. The number of nitrogens with zero attached hydrogens (tertiary/aromatic N) is 3. The Labute approximate surface area is 162 Å². The van der Waals surface area contributed by atoms with Crippen molar-refractivity contribution in [1.29, 1.82) is 0 Å². The van der Waals surface area contributed by atoms with Gasteiger partial charge in [-0.3, -0.25) is 15.1 Å². The number of oxazole rings is 1. The van der Waals surface area contributed by atoms with Gasteiger partial charge in [0.2, 0.25) is 5.89 Å². The summed E-state index contributed by atoms with van der Waals surface area (Å²) in [6.07, 6.45) is 1.59. The van der Waals surface area contributed by atoms with Crippen molar-refractivity contribution < 1.29 is 9.34 Å². The van der Waals surface area contributed by atoms with Gasteiger partial charge in [-0.25, -0.2) is 4.98 Å². The van der Waals surface area contributed by atoms with E-state index in [0.29, 0.717) is 28.2 Å². The van der Waals surface area contributed by atoms with Crippen LogP contribution in [0.1, 0.15) is 5.56 Å². The fourth-order valence-corrected chi connectivity index (χ4v) is 2.84. The Morgan fingerprint density at radius 1 is 1.07 bits per heavy atom. The molecule has 0 saturated heterocycles. The zero-order chi connectivity index (χ0) is 18.8. The molecular weight excluding hydrogens is 410 g/mol. The van der Waals surface area contributed by atoms with Gasteiger partial charge in [0.1, 0.15) is 5.52 Å². The largest absolute Gasteiger partial charge is 0.436 e.